The Morgan fingerprint density at radius 2 is 1.05 bits per heavy atom. The third-order valence-corrected chi connectivity index (χ3v) is 8.21. The zero-order valence-corrected chi connectivity index (χ0v) is 22.5. The van der Waals surface area contributed by atoms with E-state index in [1.54, 1.807) is 6.07 Å². The zero-order chi connectivity index (χ0) is 28.2. The van der Waals surface area contributed by atoms with Gasteiger partial charge in [0.1, 0.15) is 12.1 Å². The standard InChI is InChI=1S/C38H22N4/c39-23-27-9-8-16-36(33(27)24-40)42-35-15-7-4-12-29(35)31-19-17-26(22-38(31)42)25-18-20-37-32(21-25)30-13-5-6-14-34(30)41(37)28-10-2-1-3-11-28/h1-22H. The maximum Gasteiger partial charge on any atom is 0.103 e. The van der Waals surface area contributed by atoms with Gasteiger partial charge in [0.15, 0.2) is 0 Å². The monoisotopic (exact) mass is 534 g/mol. The van der Waals surface area contributed by atoms with Crippen LogP contribution >= 0.6 is 0 Å². The van der Waals surface area contributed by atoms with Gasteiger partial charge in [-0.1, -0.05) is 78.9 Å². The smallest absolute Gasteiger partial charge is 0.103 e. The van der Waals surface area contributed by atoms with Crippen molar-refractivity contribution in [3.63, 3.8) is 0 Å². The second kappa shape index (κ2) is 9.24. The molecule has 0 aliphatic rings. The van der Waals surface area contributed by atoms with Crippen molar-refractivity contribution < 1.29 is 0 Å². The van der Waals surface area contributed by atoms with Gasteiger partial charge in [-0.25, -0.2) is 0 Å². The molecule has 0 bridgehead atoms. The van der Waals surface area contributed by atoms with Crippen LogP contribution in [0.2, 0.25) is 0 Å². The molecule has 0 spiro atoms. The van der Waals surface area contributed by atoms with E-state index in [4.69, 9.17) is 0 Å². The number of fused-ring (bicyclic) bond motifs is 6. The number of hydrogen-bond donors (Lipinski definition) is 0. The molecule has 4 heteroatoms. The molecule has 0 radical (unpaired) electrons. The Morgan fingerprint density at radius 3 is 1.81 bits per heavy atom. The Kier molecular flexibility index (Phi) is 5.22. The minimum atomic E-state index is 0.373. The van der Waals surface area contributed by atoms with Crippen LogP contribution in [0, 0.1) is 22.7 Å². The lowest BCUT2D eigenvalue weighted by Gasteiger charge is -2.12. The van der Waals surface area contributed by atoms with E-state index in [1.165, 1.54) is 16.3 Å². The minimum absolute atomic E-state index is 0.373. The van der Waals surface area contributed by atoms with E-state index in [1.807, 2.05) is 30.3 Å². The van der Waals surface area contributed by atoms with Gasteiger partial charge in [0.2, 0.25) is 0 Å². The molecule has 4 nitrogen and oxygen atoms in total. The first-order chi connectivity index (χ1) is 20.8. The molecule has 2 heterocycles. The summed E-state index contributed by atoms with van der Waals surface area (Å²) in [6, 6.07) is 50.4. The van der Waals surface area contributed by atoms with Crippen molar-refractivity contribution >= 4 is 43.6 Å². The van der Waals surface area contributed by atoms with Crippen molar-refractivity contribution in [2.24, 2.45) is 0 Å². The van der Waals surface area contributed by atoms with Crippen LogP contribution in [0.4, 0.5) is 0 Å². The number of hydrogen-bond acceptors (Lipinski definition) is 2. The lowest BCUT2D eigenvalue weighted by molar-refractivity contribution is 1.16. The highest BCUT2D eigenvalue weighted by Gasteiger charge is 2.18. The Balaban J connectivity index is 1.39. The highest BCUT2D eigenvalue weighted by molar-refractivity contribution is 6.12. The molecular formula is C38H22N4. The number of para-hydroxylation sites is 3. The van der Waals surface area contributed by atoms with Gasteiger partial charge in [-0.15, -0.1) is 0 Å². The summed E-state index contributed by atoms with van der Waals surface area (Å²) in [6.07, 6.45) is 0. The summed E-state index contributed by atoms with van der Waals surface area (Å²) >= 11 is 0. The van der Waals surface area contributed by atoms with E-state index in [0.717, 1.165) is 44.1 Å². The van der Waals surface area contributed by atoms with Crippen molar-refractivity contribution in [3.05, 3.63) is 145 Å². The average molecular weight is 535 g/mol. The lowest BCUT2D eigenvalue weighted by Crippen LogP contribution is -1.99. The van der Waals surface area contributed by atoms with Gasteiger partial charge in [-0.3, -0.25) is 0 Å². The fourth-order valence-corrected chi connectivity index (χ4v) is 6.35. The molecule has 2 aromatic heterocycles. The summed E-state index contributed by atoms with van der Waals surface area (Å²) in [5.74, 6) is 0. The van der Waals surface area contributed by atoms with Gasteiger partial charge in [0.25, 0.3) is 0 Å². The van der Waals surface area contributed by atoms with Crippen LogP contribution in [0.15, 0.2) is 133 Å². The van der Waals surface area contributed by atoms with Crippen LogP contribution in [0.3, 0.4) is 0 Å². The number of nitriles is 2. The molecule has 0 saturated heterocycles. The molecule has 0 aliphatic heterocycles. The van der Waals surface area contributed by atoms with Crippen LogP contribution in [0.5, 0.6) is 0 Å². The van der Waals surface area contributed by atoms with Crippen molar-refractivity contribution in [2.45, 2.75) is 0 Å². The fraction of sp³-hybridized carbons (Fsp3) is 0. The van der Waals surface area contributed by atoms with E-state index in [0.29, 0.717) is 16.8 Å². The summed E-state index contributed by atoms with van der Waals surface area (Å²) in [6.45, 7) is 0. The second-order valence-corrected chi connectivity index (χ2v) is 10.4. The van der Waals surface area contributed by atoms with Crippen LogP contribution in [0.1, 0.15) is 11.1 Å². The number of benzene rings is 6. The van der Waals surface area contributed by atoms with Gasteiger partial charge in [-0.05, 0) is 65.7 Å². The molecule has 0 aliphatic carbocycles. The predicted octanol–water partition coefficient (Wildman–Crippen LogP) is 9.29. The molecule has 0 unspecified atom stereocenters. The third kappa shape index (κ3) is 3.40. The van der Waals surface area contributed by atoms with E-state index < -0.39 is 0 Å². The SMILES string of the molecule is N#Cc1cccc(-n2c3ccccc3c3ccc(-c4ccc5c(c4)c4ccccc4n5-c4ccccc4)cc32)c1C#N. The van der Waals surface area contributed by atoms with Crippen LogP contribution < -0.4 is 0 Å². The summed E-state index contributed by atoms with van der Waals surface area (Å²) in [5, 5.41) is 24.4. The van der Waals surface area contributed by atoms with Crippen molar-refractivity contribution in [3.8, 4) is 34.6 Å². The average Bonchev–Trinajstić information content (AvgIpc) is 3.56. The Labute approximate surface area is 242 Å². The number of nitrogens with zero attached hydrogens (tertiary/aromatic N) is 4. The molecule has 0 amide bonds. The molecular weight excluding hydrogens is 512 g/mol. The van der Waals surface area contributed by atoms with Gasteiger partial charge in [-0.2, -0.15) is 10.5 Å². The van der Waals surface area contributed by atoms with Gasteiger partial charge in [0, 0.05) is 27.2 Å². The normalized spacial score (nSPS) is 11.3. The molecule has 0 fully saturated rings. The van der Waals surface area contributed by atoms with Crippen molar-refractivity contribution in [1.82, 2.24) is 9.13 Å². The van der Waals surface area contributed by atoms with E-state index in [9.17, 15) is 10.5 Å². The van der Waals surface area contributed by atoms with E-state index >= 15 is 0 Å². The first-order valence-electron chi connectivity index (χ1n) is 13.8. The molecule has 8 rings (SSSR count). The van der Waals surface area contributed by atoms with Gasteiger partial charge in [0.05, 0.1) is 38.9 Å². The Hall–Kier alpha value is -6.10. The number of aromatic nitrogens is 2. The van der Waals surface area contributed by atoms with Gasteiger partial charge >= 0.3 is 0 Å². The highest BCUT2D eigenvalue weighted by Crippen LogP contribution is 2.38. The van der Waals surface area contributed by atoms with E-state index in [2.05, 4.69) is 118 Å². The largest absolute Gasteiger partial charge is 0.309 e. The highest BCUT2D eigenvalue weighted by atomic mass is 15.0. The fourth-order valence-electron chi connectivity index (χ4n) is 6.35. The summed E-state index contributed by atoms with van der Waals surface area (Å²) in [5.41, 5.74) is 9.12. The molecule has 8 aromatic rings. The van der Waals surface area contributed by atoms with Crippen LogP contribution in [-0.4, -0.2) is 9.13 Å². The molecule has 194 valence electrons. The van der Waals surface area contributed by atoms with Crippen molar-refractivity contribution in [1.29, 1.82) is 10.5 Å². The first kappa shape index (κ1) is 23.8. The second-order valence-electron chi connectivity index (χ2n) is 10.4. The molecule has 0 atom stereocenters. The molecule has 0 saturated carbocycles. The first-order valence-corrected chi connectivity index (χ1v) is 13.8. The molecule has 42 heavy (non-hydrogen) atoms. The summed E-state index contributed by atoms with van der Waals surface area (Å²) in [7, 11) is 0. The number of rotatable bonds is 3. The van der Waals surface area contributed by atoms with Crippen LogP contribution in [0.25, 0.3) is 66.1 Å². The van der Waals surface area contributed by atoms with Gasteiger partial charge < -0.3 is 9.13 Å². The zero-order valence-electron chi connectivity index (χ0n) is 22.5. The maximum absolute atomic E-state index is 10.1. The summed E-state index contributed by atoms with van der Waals surface area (Å²) < 4.78 is 4.44. The van der Waals surface area contributed by atoms with E-state index in [-0.39, 0.29) is 0 Å². The molecule has 0 N–H and O–H groups in total. The quantitative estimate of drug-likeness (QED) is 0.227. The van der Waals surface area contributed by atoms with Crippen LogP contribution in [-0.2, 0) is 0 Å². The lowest BCUT2D eigenvalue weighted by atomic mass is 10.0. The maximum atomic E-state index is 10.1. The topological polar surface area (TPSA) is 57.4 Å². The Bertz CT molecular complexity index is 2430. The minimum Gasteiger partial charge on any atom is -0.309 e. The van der Waals surface area contributed by atoms with Crippen molar-refractivity contribution in [2.75, 3.05) is 0 Å². The Morgan fingerprint density at radius 1 is 0.429 bits per heavy atom. The predicted molar refractivity (Wildman–Crippen MR) is 170 cm³/mol. The molecule has 6 aromatic carbocycles. The third-order valence-electron chi connectivity index (χ3n) is 8.21. The summed E-state index contributed by atoms with van der Waals surface area (Å²) in [4.78, 5) is 0.